The number of rotatable bonds is 7. The SMILES string of the molecule is CCCCc1ccc(NC(=O)c2ccc(S(=O)(=O)NC)o2)cc1. The van der Waals surface area contributed by atoms with Gasteiger partial charge in [0.25, 0.3) is 15.9 Å². The van der Waals surface area contributed by atoms with Crippen LogP contribution in [0.1, 0.15) is 35.9 Å². The average molecular weight is 336 g/mol. The topological polar surface area (TPSA) is 88.4 Å². The largest absolute Gasteiger partial charge is 0.438 e. The fraction of sp³-hybridized carbons (Fsp3) is 0.312. The van der Waals surface area contributed by atoms with Gasteiger partial charge in [-0.15, -0.1) is 0 Å². The van der Waals surface area contributed by atoms with E-state index in [1.165, 1.54) is 24.7 Å². The van der Waals surface area contributed by atoms with E-state index in [0.717, 1.165) is 19.3 Å². The van der Waals surface area contributed by atoms with Gasteiger partial charge in [0.05, 0.1) is 0 Å². The van der Waals surface area contributed by atoms with Crippen molar-refractivity contribution in [2.45, 2.75) is 31.3 Å². The van der Waals surface area contributed by atoms with Gasteiger partial charge in [0.1, 0.15) is 0 Å². The molecule has 2 rings (SSSR count). The molecular formula is C16H20N2O4S. The van der Waals surface area contributed by atoms with Gasteiger partial charge in [-0.2, -0.15) is 0 Å². The average Bonchev–Trinajstić information content (AvgIpc) is 3.05. The number of anilines is 1. The molecule has 0 unspecified atom stereocenters. The maximum atomic E-state index is 12.1. The number of hydrogen-bond donors (Lipinski definition) is 2. The van der Waals surface area contributed by atoms with Crippen LogP contribution in [0.25, 0.3) is 0 Å². The standard InChI is InChI=1S/C16H20N2O4S/c1-3-4-5-12-6-8-13(9-7-12)18-16(19)14-10-11-15(22-14)23(20,21)17-2/h6-11,17H,3-5H2,1-2H3,(H,18,19). The zero-order chi connectivity index (χ0) is 16.9. The molecule has 0 saturated heterocycles. The smallest absolute Gasteiger partial charge is 0.291 e. The van der Waals surface area contributed by atoms with E-state index < -0.39 is 15.9 Å². The highest BCUT2D eigenvalue weighted by Crippen LogP contribution is 2.16. The summed E-state index contributed by atoms with van der Waals surface area (Å²) in [7, 11) is -2.42. The summed E-state index contributed by atoms with van der Waals surface area (Å²) in [6, 6.07) is 10.1. The van der Waals surface area contributed by atoms with Crippen LogP contribution in [0.3, 0.4) is 0 Å². The lowest BCUT2D eigenvalue weighted by Crippen LogP contribution is -2.18. The molecule has 1 amide bonds. The Morgan fingerprint density at radius 2 is 1.83 bits per heavy atom. The third-order valence-electron chi connectivity index (χ3n) is 3.37. The van der Waals surface area contributed by atoms with Crippen LogP contribution >= 0.6 is 0 Å². The van der Waals surface area contributed by atoms with Crippen molar-refractivity contribution >= 4 is 21.6 Å². The molecule has 23 heavy (non-hydrogen) atoms. The number of sulfonamides is 1. The number of unbranched alkanes of at least 4 members (excludes halogenated alkanes) is 1. The molecule has 1 heterocycles. The minimum absolute atomic E-state index is 0.0612. The molecule has 6 nitrogen and oxygen atoms in total. The van der Waals surface area contributed by atoms with E-state index in [4.69, 9.17) is 4.42 Å². The van der Waals surface area contributed by atoms with E-state index in [1.54, 1.807) is 0 Å². The maximum Gasteiger partial charge on any atom is 0.291 e. The van der Waals surface area contributed by atoms with Gasteiger partial charge in [0.2, 0.25) is 5.09 Å². The van der Waals surface area contributed by atoms with Gasteiger partial charge < -0.3 is 9.73 Å². The lowest BCUT2D eigenvalue weighted by molar-refractivity contribution is 0.0991. The van der Waals surface area contributed by atoms with E-state index in [2.05, 4.69) is 17.0 Å². The molecule has 0 atom stereocenters. The van der Waals surface area contributed by atoms with E-state index >= 15 is 0 Å². The van der Waals surface area contributed by atoms with Crippen molar-refractivity contribution < 1.29 is 17.6 Å². The first-order valence-electron chi connectivity index (χ1n) is 7.40. The Morgan fingerprint density at radius 1 is 1.13 bits per heavy atom. The summed E-state index contributed by atoms with van der Waals surface area (Å²) >= 11 is 0. The molecule has 124 valence electrons. The molecular weight excluding hydrogens is 316 g/mol. The number of benzene rings is 1. The quantitative estimate of drug-likeness (QED) is 0.814. The number of hydrogen-bond acceptors (Lipinski definition) is 4. The number of furan rings is 1. The second-order valence-electron chi connectivity index (χ2n) is 5.08. The third-order valence-corrected chi connectivity index (χ3v) is 4.66. The molecule has 0 spiro atoms. The van der Waals surface area contributed by atoms with Crippen LogP contribution in [-0.2, 0) is 16.4 Å². The summed E-state index contributed by atoms with van der Waals surface area (Å²) in [6.07, 6.45) is 3.27. The molecule has 0 bridgehead atoms. The fourth-order valence-electron chi connectivity index (χ4n) is 2.02. The Hall–Kier alpha value is -2.12. The van der Waals surface area contributed by atoms with Crippen LogP contribution in [0.15, 0.2) is 45.9 Å². The molecule has 1 aromatic carbocycles. The molecule has 2 N–H and O–H groups in total. The monoisotopic (exact) mass is 336 g/mol. The molecule has 7 heteroatoms. The first-order valence-corrected chi connectivity index (χ1v) is 8.88. The fourth-order valence-corrected chi connectivity index (χ4v) is 2.66. The van der Waals surface area contributed by atoms with Gasteiger partial charge in [-0.25, -0.2) is 13.1 Å². The predicted octanol–water partition coefficient (Wildman–Crippen LogP) is 2.78. The van der Waals surface area contributed by atoms with E-state index in [-0.39, 0.29) is 10.9 Å². The van der Waals surface area contributed by atoms with Gasteiger partial charge in [0, 0.05) is 5.69 Å². The van der Waals surface area contributed by atoms with Crippen LogP contribution in [0, 0.1) is 0 Å². The first-order chi connectivity index (χ1) is 11.0. The maximum absolute atomic E-state index is 12.1. The zero-order valence-electron chi connectivity index (χ0n) is 13.1. The highest BCUT2D eigenvalue weighted by Gasteiger charge is 2.19. The van der Waals surface area contributed by atoms with Gasteiger partial charge in [-0.3, -0.25) is 4.79 Å². The van der Waals surface area contributed by atoms with E-state index in [1.807, 2.05) is 24.3 Å². The number of carbonyl (C=O) groups is 1. The van der Waals surface area contributed by atoms with Gasteiger partial charge in [-0.05, 0) is 49.7 Å². The Kier molecular flexibility index (Phi) is 5.57. The predicted molar refractivity (Wildman–Crippen MR) is 88.0 cm³/mol. The van der Waals surface area contributed by atoms with Crippen molar-refractivity contribution in [3.8, 4) is 0 Å². The van der Waals surface area contributed by atoms with Gasteiger partial charge in [0.15, 0.2) is 5.76 Å². The molecule has 0 aliphatic carbocycles. The Bertz CT molecular complexity index is 764. The minimum atomic E-state index is -3.69. The summed E-state index contributed by atoms with van der Waals surface area (Å²) in [5, 5.41) is 2.38. The molecule has 1 aromatic heterocycles. The van der Waals surface area contributed by atoms with E-state index in [0.29, 0.717) is 5.69 Å². The number of amides is 1. The highest BCUT2D eigenvalue weighted by molar-refractivity contribution is 7.89. The summed E-state index contributed by atoms with van der Waals surface area (Å²) < 4.78 is 30.4. The van der Waals surface area contributed by atoms with Crippen molar-refractivity contribution in [1.82, 2.24) is 4.72 Å². The Balaban J connectivity index is 2.04. The molecule has 0 aliphatic rings. The van der Waals surface area contributed by atoms with Crippen molar-refractivity contribution in [3.05, 3.63) is 47.7 Å². The molecule has 0 radical (unpaired) electrons. The third kappa shape index (κ3) is 4.43. The molecule has 0 aliphatic heterocycles. The zero-order valence-corrected chi connectivity index (χ0v) is 13.9. The lowest BCUT2D eigenvalue weighted by atomic mass is 10.1. The van der Waals surface area contributed by atoms with Crippen LogP contribution in [-0.4, -0.2) is 21.4 Å². The van der Waals surface area contributed by atoms with Crippen LogP contribution in [0.2, 0.25) is 0 Å². The van der Waals surface area contributed by atoms with E-state index in [9.17, 15) is 13.2 Å². The minimum Gasteiger partial charge on any atom is -0.438 e. The summed E-state index contributed by atoms with van der Waals surface area (Å²) in [4.78, 5) is 12.1. The van der Waals surface area contributed by atoms with Crippen molar-refractivity contribution in [2.24, 2.45) is 0 Å². The highest BCUT2D eigenvalue weighted by atomic mass is 32.2. The molecule has 2 aromatic rings. The van der Waals surface area contributed by atoms with Gasteiger partial charge >= 0.3 is 0 Å². The summed E-state index contributed by atoms with van der Waals surface area (Å²) in [5.41, 5.74) is 1.84. The number of carbonyl (C=O) groups excluding carboxylic acids is 1. The first kappa shape index (κ1) is 17.2. The second kappa shape index (κ2) is 7.43. The summed E-state index contributed by atoms with van der Waals surface area (Å²) in [6.45, 7) is 2.14. The number of nitrogens with one attached hydrogen (secondary N) is 2. The van der Waals surface area contributed by atoms with Crippen molar-refractivity contribution in [2.75, 3.05) is 12.4 Å². The Labute approximate surface area is 135 Å². The summed E-state index contributed by atoms with van der Waals surface area (Å²) in [5.74, 6) is -0.558. The molecule has 0 saturated carbocycles. The van der Waals surface area contributed by atoms with Crippen molar-refractivity contribution in [3.63, 3.8) is 0 Å². The van der Waals surface area contributed by atoms with Crippen LogP contribution < -0.4 is 10.0 Å². The normalized spacial score (nSPS) is 11.4. The Morgan fingerprint density at radius 3 is 2.43 bits per heavy atom. The number of aryl methyl sites for hydroxylation is 1. The molecule has 0 fully saturated rings. The van der Waals surface area contributed by atoms with Crippen LogP contribution in [0.4, 0.5) is 5.69 Å². The lowest BCUT2D eigenvalue weighted by Gasteiger charge is -2.05. The van der Waals surface area contributed by atoms with Crippen molar-refractivity contribution in [1.29, 1.82) is 0 Å². The van der Waals surface area contributed by atoms with Crippen LogP contribution in [0.5, 0.6) is 0 Å². The van der Waals surface area contributed by atoms with Gasteiger partial charge in [-0.1, -0.05) is 25.5 Å². The second-order valence-corrected chi connectivity index (χ2v) is 6.90.